The molecule has 3 heterocycles. The number of imidazole rings is 1. The van der Waals surface area contributed by atoms with Gasteiger partial charge in [0, 0.05) is 57.6 Å². The molecule has 0 spiro atoms. The summed E-state index contributed by atoms with van der Waals surface area (Å²) < 4.78 is 22.0. The van der Waals surface area contributed by atoms with Gasteiger partial charge in [0.05, 0.1) is 23.3 Å². The van der Waals surface area contributed by atoms with Gasteiger partial charge in [-0.2, -0.15) is 0 Å². The summed E-state index contributed by atoms with van der Waals surface area (Å²) in [5, 5.41) is 5.92. The van der Waals surface area contributed by atoms with Crippen molar-refractivity contribution in [1.29, 1.82) is 0 Å². The number of nitrogens with zero attached hydrogens (tertiary/aromatic N) is 5. The Balaban J connectivity index is 1.22. The van der Waals surface area contributed by atoms with Gasteiger partial charge in [-0.1, -0.05) is 12.1 Å². The second-order valence-corrected chi connectivity index (χ2v) is 9.68. The van der Waals surface area contributed by atoms with E-state index < -0.39 is 0 Å². The Hall–Kier alpha value is -4.02. The summed E-state index contributed by atoms with van der Waals surface area (Å²) in [5.41, 5.74) is 1.92. The third kappa shape index (κ3) is 5.92. The maximum Gasteiger partial charge on any atom is 0.239 e. The smallest absolute Gasteiger partial charge is 0.239 e. The monoisotopic (exact) mass is 517 g/mol. The normalized spacial score (nSPS) is 14.7. The van der Waals surface area contributed by atoms with Crippen LogP contribution in [0, 0.1) is 5.82 Å². The number of ether oxygens (including phenoxy) is 1. The van der Waals surface area contributed by atoms with Crippen molar-refractivity contribution in [2.75, 3.05) is 43.4 Å². The molecule has 5 rings (SSSR count). The van der Waals surface area contributed by atoms with Gasteiger partial charge in [0.2, 0.25) is 11.9 Å². The number of fused-ring (bicyclic) bond motifs is 1. The van der Waals surface area contributed by atoms with Crippen molar-refractivity contribution in [2.24, 2.45) is 7.05 Å². The van der Waals surface area contributed by atoms with E-state index in [0.29, 0.717) is 47.1 Å². The van der Waals surface area contributed by atoms with E-state index >= 15 is 0 Å². The van der Waals surface area contributed by atoms with Crippen molar-refractivity contribution in [3.63, 3.8) is 0 Å². The molecule has 0 bridgehead atoms. The SMILES string of the molecule is CC(C)N1CCN(CC(=O)Nc2cc(Oc3ccc4c(c3)nc(Nc3ccccc3F)n4C)ccn2)CC1. The molecule has 0 aliphatic carbocycles. The number of amides is 1. The zero-order valence-corrected chi connectivity index (χ0v) is 21.8. The molecule has 10 heteroatoms. The Labute approximate surface area is 221 Å². The highest BCUT2D eigenvalue weighted by Gasteiger charge is 2.20. The van der Waals surface area contributed by atoms with Gasteiger partial charge in [0.1, 0.15) is 23.1 Å². The predicted octanol–water partition coefficient (Wildman–Crippen LogP) is 4.61. The van der Waals surface area contributed by atoms with Crippen molar-refractivity contribution in [2.45, 2.75) is 19.9 Å². The quantitative estimate of drug-likeness (QED) is 0.353. The van der Waals surface area contributed by atoms with Crippen LogP contribution in [0.2, 0.25) is 0 Å². The molecule has 38 heavy (non-hydrogen) atoms. The van der Waals surface area contributed by atoms with Gasteiger partial charge >= 0.3 is 0 Å². The molecule has 2 aromatic heterocycles. The molecule has 2 aromatic carbocycles. The minimum atomic E-state index is -0.349. The van der Waals surface area contributed by atoms with Crippen LogP contribution in [0.1, 0.15) is 13.8 Å². The van der Waals surface area contributed by atoms with Crippen molar-refractivity contribution >= 4 is 34.4 Å². The lowest BCUT2D eigenvalue weighted by molar-refractivity contribution is -0.117. The van der Waals surface area contributed by atoms with Crippen LogP contribution in [0.25, 0.3) is 11.0 Å². The number of nitrogens with one attached hydrogen (secondary N) is 2. The van der Waals surface area contributed by atoms with E-state index in [2.05, 4.69) is 44.2 Å². The highest BCUT2D eigenvalue weighted by atomic mass is 19.1. The summed E-state index contributed by atoms with van der Waals surface area (Å²) in [6.45, 7) is 8.39. The first kappa shape index (κ1) is 25.6. The number of anilines is 3. The van der Waals surface area contributed by atoms with E-state index in [4.69, 9.17) is 4.74 Å². The summed E-state index contributed by atoms with van der Waals surface area (Å²) in [7, 11) is 1.86. The second-order valence-electron chi connectivity index (χ2n) is 9.68. The molecule has 1 aliphatic rings. The molecule has 4 aromatic rings. The van der Waals surface area contributed by atoms with Gasteiger partial charge in [0.25, 0.3) is 0 Å². The third-order valence-corrected chi connectivity index (χ3v) is 6.71. The fraction of sp³-hybridized carbons (Fsp3) is 0.321. The molecule has 198 valence electrons. The third-order valence-electron chi connectivity index (χ3n) is 6.71. The Morgan fingerprint density at radius 3 is 2.58 bits per heavy atom. The molecular weight excluding hydrogens is 485 g/mol. The first-order valence-electron chi connectivity index (χ1n) is 12.7. The van der Waals surface area contributed by atoms with Crippen LogP contribution in [0.3, 0.4) is 0 Å². The van der Waals surface area contributed by atoms with Gasteiger partial charge in [0.15, 0.2) is 0 Å². The predicted molar refractivity (Wildman–Crippen MR) is 146 cm³/mol. The number of aromatic nitrogens is 3. The van der Waals surface area contributed by atoms with Crippen molar-refractivity contribution in [1.82, 2.24) is 24.3 Å². The van der Waals surface area contributed by atoms with Crippen LogP contribution in [0.4, 0.5) is 21.8 Å². The molecule has 1 aliphatic heterocycles. The molecule has 1 fully saturated rings. The van der Waals surface area contributed by atoms with E-state index in [9.17, 15) is 9.18 Å². The Bertz CT molecular complexity index is 1430. The fourth-order valence-electron chi connectivity index (χ4n) is 4.54. The maximum absolute atomic E-state index is 14.1. The number of carbonyl (C=O) groups is 1. The standard InChI is InChI=1S/C28H32FN7O2/c1-19(2)36-14-12-35(13-15-36)18-27(37)33-26-17-21(10-11-30-26)38-20-8-9-25-24(16-20)32-28(34(25)3)31-23-7-5-4-6-22(23)29/h4-11,16-17,19H,12-15,18H2,1-3H3,(H,31,32)(H,30,33,37). The average Bonchev–Trinajstić information content (AvgIpc) is 3.20. The number of piperazine rings is 1. The Morgan fingerprint density at radius 2 is 1.82 bits per heavy atom. The maximum atomic E-state index is 14.1. The second kappa shape index (κ2) is 11.2. The Morgan fingerprint density at radius 1 is 1.05 bits per heavy atom. The lowest BCUT2D eigenvalue weighted by Gasteiger charge is -2.36. The van der Waals surface area contributed by atoms with Crippen molar-refractivity contribution < 1.29 is 13.9 Å². The van der Waals surface area contributed by atoms with E-state index in [0.717, 1.165) is 31.7 Å². The van der Waals surface area contributed by atoms with E-state index in [1.54, 1.807) is 36.5 Å². The fourth-order valence-corrected chi connectivity index (χ4v) is 4.54. The Kier molecular flexibility index (Phi) is 7.52. The van der Waals surface area contributed by atoms with E-state index in [1.165, 1.54) is 6.07 Å². The molecule has 1 amide bonds. The molecule has 1 saturated heterocycles. The molecule has 0 radical (unpaired) electrons. The van der Waals surface area contributed by atoms with E-state index in [-0.39, 0.29) is 11.7 Å². The minimum absolute atomic E-state index is 0.0996. The zero-order chi connectivity index (χ0) is 26.6. The highest BCUT2D eigenvalue weighted by molar-refractivity contribution is 5.91. The van der Waals surface area contributed by atoms with E-state index in [1.807, 2.05) is 29.8 Å². The van der Waals surface area contributed by atoms with Crippen LogP contribution in [0.5, 0.6) is 11.5 Å². The van der Waals surface area contributed by atoms with Gasteiger partial charge in [-0.3, -0.25) is 14.6 Å². The van der Waals surface area contributed by atoms with Gasteiger partial charge in [-0.25, -0.2) is 14.4 Å². The van der Waals surface area contributed by atoms with Crippen molar-refractivity contribution in [3.8, 4) is 11.5 Å². The van der Waals surface area contributed by atoms with Crippen LogP contribution in [0.15, 0.2) is 60.8 Å². The number of carbonyl (C=O) groups excluding carboxylic acids is 1. The average molecular weight is 518 g/mol. The number of aryl methyl sites for hydroxylation is 1. The number of rotatable bonds is 8. The lowest BCUT2D eigenvalue weighted by Crippen LogP contribution is -2.50. The van der Waals surface area contributed by atoms with Crippen LogP contribution < -0.4 is 15.4 Å². The zero-order valence-electron chi connectivity index (χ0n) is 21.8. The van der Waals surface area contributed by atoms with Gasteiger partial charge in [-0.05, 0) is 44.2 Å². The number of hydrogen-bond acceptors (Lipinski definition) is 7. The van der Waals surface area contributed by atoms with Gasteiger partial charge in [-0.15, -0.1) is 0 Å². The summed E-state index contributed by atoms with van der Waals surface area (Å²) in [4.78, 5) is 26.1. The summed E-state index contributed by atoms with van der Waals surface area (Å²) in [6.07, 6.45) is 1.60. The van der Waals surface area contributed by atoms with Gasteiger partial charge < -0.3 is 19.9 Å². The minimum Gasteiger partial charge on any atom is -0.457 e. The molecular formula is C28H32FN7O2. The molecule has 0 unspecified atom stereocenters. The molecule has 2 N–H and O–H groups in total. The number of halogens is 1. The first-order valence-corrected chi connectivity index (χ1v) is 12.7. The van der Waals surface area contributed by atoms with Crippen molar-refractivity contribution in [3.05, 3.63) is 66.6 Å². The molecule has 9 nitrogen and oxygen atoms in total. The van der Waals surface area contributed by atoms with Crippen LogP contribution in [-0.4, -0.2) is 69.0 Å². The number of pyridine rings is 1. The lowest BCUT2D eigenvalue weighted by atomic mass is 10.2. The molecule has 0 atom stereocenters. The summed E-state index contributed by atoms with van der Waals surface area (Å²) >= 11 is 0. The first-order chi connectivity index (χ1) is 18.4. The number of benzene rings is 2. The van der Waals surface area contributed by atoms with Crippen LogP contribution in [-0.2, 0) is 11.8 Å². The topological polar surface area (TPSA) is 87.5 Å². The highest BCUT2D eigenvalue weighted by Crippen LogP contribution is 2.29. The summed E-state index contributed by atoms with van der Waals surface area (Å²) in [6, 6.07) is 16.0. The summed E-state index contributed by atoms with van der Waals surface area (Å²) in [5.74, 6) is 1.63. The number of hydrogen-bond donors (Lipinski definition) is 2. The number of para-hydroxylation sites is 1. The van der Waals surface area contributed by atoms with Crippen LogP contribution >= 0.6 is 0 Å². The largest absolute Gasteiger partial charge is 0.457 e. The molecule has 0 saturated carbocycles.